The number of hydrogen-bond acceptors (Lipinski definition) is 3. The van der Waals surface area contributed by atoms with Crippen LogP contribution in [0.5, 0.6) is 0 Å². The molecule has 4 nitrogen and oxygen atoms in total. The lowest BCUT2D eigenvalue weighted by Crippen LogP contribution is -2.35. The van der Waals surface area contributed by atoms with Crippen molar-refractivity contribution < 1.29 is 4.74 Å². The normalized spacial score (nSPS) is 21.6. The average molecular weight is 223 g/mol. The van der Waals surface area contributed by atoms with Crippen molar-refractivity contribution in [3.8, 4) is 0 Å². The summed E-state index contributed by atoms with van der Waals surface area (Å²) in [6, 6.07) is 0.228. The first kappa shape index (κ1) is 11.6. The van der Waals surface area contributed by atoms with Crippen LogP contribution in [0.3, 0.4) is 0 Å². The Hall–Kier alpha value is -0.870. The minimum Gasteiger partial charge on any atom is -0.378 e. The first-order chi connectivity index (χ1) is 7.72. The fraction of sp³-hybridized carbons (Fsp3) is 0.750. The Morgan fingerprint density at radius 1 is 1.50 bits per heavy atom. The predicted octanol–water partition coefficient (Wildman–Crippen LogP) is 1.76. The fourth-order valence-electron chi connectivity index (χ4n) is 2.10. The number of imidazole rings is 1. The van der Waals surface area contributed by atoms with Gasteiger partial charge in [-0.3, -0.25) is 0 Å². The molecule has 90 valence electrons. The molecule has 1 aromatic rings. The summed E-state index contributed by atoms with van der Waals surface area (Å²) in [7, 11) is 0. The summed E-state index contributed by atoms with van der Waals surface area (Å²) in [4.78, 5) is 8.14. The third-order valence-corrected chi connectivity index (χ3v) is 2.98. The van der Waals surface area contributed by atoms with Crippen molar-refractivity contribution >= 4 is 0 Å². The third-order valence-electron chi connectivity index (χ3n) is 2.98. The van der Waals surface area contributed by atoms with Crippen LogP contribution in [-0.2, 0) is 11.2 Å². The van der Waals surface area contributed by atoms with E-state index in [0.29, 0.717) is 12.5 Å². The first-order valence-electron chi connectivity index (χ1n) is 6.12. The number of aryl methyl sites for hydroxylation is 1. The quantitative estimate of drug-likeness (QED) is 0.821. The minimum absolute atomic E-state index is 0.228. The summed E-state index contributed by atoms with van der Waals surface area (Å²) >= 11 is 0. The molecule has 2 N–H and O–H groups in total. The third kappa shape index (κ3) is 2.28. The van der Waals surface area contributed by atoms with E-state index in [1.807, 2.05) is 0 Å². The number of nitrogens with zero attached hydrogens (tertiary/aromatic N) is 1. The van der Waals surface area contributed by atoms with E-state index in [0.717, 1.165) is 25.4 Å². The fourth-order valence-corrected chi connectivity index (χ4v) is 2.10. The van der Waals surface area contributed by atoms with Crippen LogP contribution in [0.2, 0.25) is 0 Å². The lowest BCUT2D eigenvalue weighted by molar-refractivity contribution is 0.0744. The Balaban J connectivity index is 2.20. The monoisotopic (exact) mass is 223 g/mol. The van der Waals surface area contributed by atoms with Gasteiger partial charge in [0.25, 0.3) is 0 Å². The molecule has 0 amide bonds. The number of H-pyrrole nitrogens is 1. The van der Waals surface area contributed by atoms with Crippen molar-refractivity contribution in [2.75, 3.05) is 19.8 Å². The molecule has 16 heavy (non-hydrogen) atoms. The number of nitrogens with one attached hydrogen (secondary N) is 2. The highest BCUT2D eigenvalue weighted by Crippen LogP contribution is 2.21. The second kappa shape index (κ2) is 4.97. The molecule has 1 unspecified atom stereocenters. The first-order valence-corrected chi connectivity index (χ1v) is 6.12. The number of aromatic nitrogens is 2. The van der Waals surface area contributed by atoms with Crippen LogP contribution in [0.4, 0.5) is 0 Å². The van der Waals surface area contributed by atoms with Crippen molar-refractivity contribution in [3.05, 3.63) is 17.2 Å². The molecular weight excluding hydrogens is 202 g/mol. The number of rotatable bonds is 3. The highest BCUT2D eigenvalue weighted by atomic mass is 16.5. The molecule has 0 bridgehead atoms. The van der Waals surface area contributed by atoms with Gasteiger partial charge in [-0.1, -0.05) is 20.8 Å². The number of ether oxygens (including phenoxy) is 1. The molecule has 1 aliphatic heterocycles. The Morgan fingerprint density at radius 3 is 2.81 bits per heavy atom. The molecule has 0 aliphatic carbocycles. The zero-order valence-electron chi connectivity index (χ0n) is 10.3. The zero-order chi connectivity index (χ0) is 11.5. The van der Waals surface area contributed by atoms with Gasteiger partial charge in [0.1, 0.15) is 5.82 Å². The lowest BCUT2D eigenvalue weighted by atomic mass is 10.1. The van der Waals surface area contributed by atoms with Crippen LogP contribution in [0.25, 0.3) is 0 Å². The van der Waals surface area contributed by atoms with Crippen molar-refractivity contribution in [2.24, 2.45) is 0 Å². The Labute approximate surface area is 96.8 Å². The number of aromatic amines is 1. The lowest BCUT2D eigenvalue weighted by Gasteiger charge is -2.21. The molecule has 0 saturated carbocycles. The molecule has 1 aliphatic rings. The molecule has 1 saturated heterocycles. The molecule has 0 radical (unpaired) electrons. The summed E-state index contributed by atoms with van der Waals surface area (Å²) in [5, 5.41) is 3.42. The van der Waals surface area contributed by atoms with Gasteiger partial charge in [0.15, 0.2) is 0 Å². The van der Waals surface area contributed by atoms with Gasteiger partial charge >= 0.3 is 0 Å². The topological polar surface area (TPSA) is 49.9 Å². The van der Waals surface area contributed by atoms with E-state index in [1.165, 1.54) is 11.4 Å². The van der Waals surface area contributed by atoms with E-state index >= 15 is 0 Å². The highest BCUT2D eigenvalue weighted by Gasteiger charge is 2.21. The Kier molecular flexibility index (Phi) is 3.61. The molecule has 1 aromatic heterocycles. The van der Waals surface area contributed by atoms with E-state index in [-0.39, 0.29) is 6.04 Å². The van der Waals surface area contributed by atoms with E-state index in [4.69, 9.17) is 9.72 Å². The van der Waals surface area contributed by atoms with Gasteiger partial charge in [0.2, 0.25) is 0 Å². The molecule has 1 atom stereocenters. The summed E-state index contributed by atoms with van der Waals surface area (Å²) in [5.74, 6) is 1.50. The minimum atomic E-state index is 0.228. The second-order valence-electron chi connectivity index (χ2n) is 4.58. The van der Waals surface area contributed by atoms with Crippen molar-refractivity contribution in [2.45, 2.75) is 39.2 Å². The maximum absolute atomic E-state index is 5.46. The van der Waals surface area contributed by atoms with E-state index in [1.54, 1.807) is 0 Å². The van der Waals surface area contributed by atoms with Gasteiger partial charge in [-0.15, -0.1) is 0 Å². The zero-order valence-corrected chi connectivity index (χ0v) is 10.3. The summed E-state index contributed by atoms with van der Waals surface area (Å²) in [6.45, 7) is 8.95. The van der Waals surface area contributed by atoms with E-state index in [2.05, 4.69) is 31.1 Å². The van der Waals surface area contributed by atoms with Gasteiger partial charge in [0, 0.05) is 12.2 Å². The van der Waals surface area contributed by atoms with Crippen LogP contribution in [0.15, 0.2) is 0 Å². The van der Waals surface area contributed by atoms with Crippen LogP contribution >= 0.6 is 0 Å². The second-order valence-corrected chi connectivity index (χ2v) is 4.58. The molecule has 2 rings (SSSR count). The van der Waals surface area contributed by atoms with Crippen LogP contribution in [0.1, 0.15) is 49.9 Å². The molecule has 2 heterocycles. The summed E-state index contributed by atoms with van der Waals surface area (Å²) in [6.07, 6.45) is 1.01. The standard InChI is InChI=1S/C12H21N3O/c1-4-9-11(8(2)3)15-12(14-9)10-7-16-6-5-13-10/h8,10,13H,4-7H2,1-3H3,(H,14,15). The van der Waals surface area contributed by atoms with Crippen molar-refractivity contribution in [3.63, 3.8) is 0 Å². The number of hydrogen-bond donors (Lipinski definition) is 2. The Morgan fingerprint density at radius 2 is 2.31 bits per heavy atom. The molecule has 0 spiro atoms. The van der Waals surface area contributed by atoms with Gasteiger partial charge in [0.05, 0.1) is 24.9 Å². The van der Waals surface area contributed by atoms with Crippen LogP contribution in [-0.4, -0.2) is 29.7 Å². The van der Waals surface area contributed by atoms with Crippen LogP contribution < -0.4 is 5.32 Å². The predicted molar refractivity (Wildman–Crippen MR) is 63.6 cm³/mol. The maximum Gasteiger partial charge on any atom is 0.126 e. The van der Waals surface area contributed by atoms with Gasteiger partial charge in [-0.05, 0) is 12.3 Å². The maximum atomic E-state index is 5.46. The number of morpholine rings is 1. The van der Waals surface area contributed by atoms with E-state index < -0.39 is 0 Å². The van der Waals surface area contributed by atoms with E-state index in [9.17, 15) is 0 Å². The molecule has 1 fully saturated rings. The average Bonchev–Trinajstić information content (AvgIpc) is 2.74. The van der Waals surface area contributed by atoms with Crippen molar-refractivity contribution in [1.29, 1.82) is 0 Å². The van der Waals surface area contributed by atoms with Gasteiger partial charge in [-0.2, -0.15) is 0 Å². The summed E-state index contributed by atoms with van der Waals surface area (Å²) < 4.78 is 5.46. The highest BCUT2D eigenvalue weighted by molar-refractivity contribution is 5.19. The SMILES string of the molecule is CCc1[nH]c(C2COCCN2)nc1C(C)C. The van der Waals surface area contributed by atoms with Crippen LogP contribution in [0, 0.1) is 0 Å². The smallest absolute Gasteiger partial charge is 0.126 e. The Bertz CT molecular complexity index is 340. The largest absolute Gasteiger partial charge is 0.378 e. The molecular formula is C12H21N3O. The summed E-state index contributed by atoms with van der Waals surface area (Å²) in [5.41, 5.74) is 2.46. The molecule has 0 aromatic carbocycles. The molecule has 4 heteroatoms. The van der Waals surface area contributed by atoms with Crippen molar-refractivity contribution in [1.82, 2.24) is 15.3 Å². The van der Waals surface area contributed by atoms with Gasteiger partial charge in [-0.25, -0.2) is 4.98 Å². The van der Waals surface area contributed by atoms with Gasteiger partial charge < -0.3 is 15.0 Å².